The van der Waals surface area contributed by atoms with E-state index in [2.05, 4.69) is 37.4 Å². The van der Waals surface area contributed by atoms with Crippen molar-refractivity contribution in [2.45, 2.75) is 50.9 Å². The minimum absolute atomic E-state index is 0.00420. The molecule has 1 fully saturated rings. The van der Waals surface area contributed by atoms with E-state index in [1.54, 1.807) is 0 Å². The minimum Gasteiger partial charge on any atom is -0.487 e. The highest BCUT2D eigenvalue weighted by Gasteiger charge is 2.51. The summed E-state index contributed by atoms with van der Waals surface area (Å²) in [6.45, 7) is 4.99. The number of nitrogens with one attached hydrogen (secondary N) is 1. The molecule has 2 aliphatic rings. The van der Waals surface area contributed by atoms with E-state index in [9.17, 15) is 0 Å². The van der Waals surface area contributed by atoms with Crippen LogP contribution >= 0.6 is 0 Å². The number of ether oxygens (including phenoxy) is 2. The first-order chi connectivity index (χ1) is 9.15. The van der Waals surface area contributed by atoms with E-state index in [0.717, 1.165) is 31.6 Å². The van der Waals surface area contributed by atoms with Gasteiger partial charge in [0.1, 0.15) is 11.4 Å². The zero-order chi connectivity index (χ0) is 13.5. The van der Waals surface area contributed by atoms with Gasteiger partial charge >= 0.3 is 0 Å². The summed E-state index contributed by atoms with van der Waals surface area (Å²) in [5.74, 6) is 1.05. The van der Waals surface area contributed by atoms with Gasteiger partial charge in [0.25, 0.3) is 0 Å². The van der Waals surface area contributed by atoms with E-state index >= 15 is 0 Å². The molecule has 19 heavy (non-hydrogen) atoms. The van der Waals surface area contributed by atoms with Crippen LogP contribution in [0.25, 0.3) is 0 Å². The smallest absolute Gasteiger partial charge is 0.124 e. The van der Waals surface area contributed by atoms with E-state index in [4.69, 9.17) is 9.47 Å². The SMILES string of the molecule is CCOC1CC2(C1)CC(NC)c1cc(C)ccc1O2. The molecule has 104 valence electrons. The molecule has 0 aromatic heterocycles. The van der Waals surface area contributed by atoms with Gasteiger partial charge in [0.2, 0.25) is 0 Å². The number of hydrogen-bond acceptors (Lipinski definition) is 3. The third kappa shape index (κ3) is 2.26. The number of hydrogen-bond donors (Lipinski definition) is 1. The number of benzene rings is 1. The van der Waals surface area contributed by atoms with Crippen molar-refractivity contribution in [1.82, 2.24) is 5.32 Å². The topological polar surface area (TPSA) is 30.5 Å². The molecule has 3 nitrogen and oxygen atoms in total. The normalized spacial score (nSPS) is 32.6. The van der Waals surface area contributed by atoms with Crippen LogP contribution in [0, 0.1) is 6.92 Å². The van der Waals surface area contributed by atoms with E-state index in [-0.39, 0.29) is 5.60 Å². The molecule has 1 heterocycles. The maximum Gasteiger partial charge on any atom is 0.124 e. The molecule has 1 atom stereocenters. The quantitative estimate of drug-likeness (QED) is 0.907. The van der Waals surface area contributed by atoms with Crippen LogP contribution in [0.5, 0.6) is 5.75 Å². The standard InChI is InChI=1S/C16H23NO2/c1-4-18-12-8-16(9-12)10-14(17-3)13-7-11(2)5-6-15(13)19-16/h5-7,12,14,17H,4,8-10H2,1-3H3. The lowest BCUT2D eigenvalue weighted by atomic mass is 9.71. The fourth-order valence-corrected chi connectivity index (χ4v) is 3.42. The van der Waals surface area contributed by atoms with Crippen LogP contribution in [0.15, 0.2) is 18.2 Å². The first kappa shape index (κ1) is 12.9. The second-order valence-corrected chi connectivity index (χ2v) is 5.86. The molecular weight excluding hydrogens is 238 g/mol. The molecule has 1 spiro atoms. The Balaban J connectivity index is 1.81. The summed E-state index contributed by atoms with van der Waals surface area (Å²) in [6.07, 6.45) is 3.47. The van der Waals surface area contributed by atoms with Gasteiger partial charge in [-0.1, -0.05) is 17.7 Å². The fraction of sp³-hybridized carbons (Fsp3) is 0.625. The van der Waals surface area contributed by atoms with Crippen LogP contribution in [0.1, 0.15) is 43.4 Å². The van der Waals surface area contributed by atoms with Gasteiger partial charge in [-0.2, -0.15) is 0 Å². The molecular formula is C16H23NO2. The van der Waals surface area contributed by atoms with Crippen molar-refractivity contribution in [3.63, 3.8) is 0 Å². The summed E-state index contributed by atoms with van der Waals surface area (Å²) >= 11 is 0. The Labute approximate surface area is 115 Å². The van der Waals surface area contributed by atoms with Crippen molar-refractivity contribution in [3.8, 4) is 5.75 Å². The summed E-state index contributed by atoms with van der Waals surface area (Å²) in [5, 5.41) is 3.44. The van der Waals surface area contributed by atoms with E-state index < -0.39 is 0 Å². The monoisotopic (exact) mass is 261 g/mol. The maximum atomic E-state index is 6.30. The van der Waals surface area contributed by atoms with E-state index in [1.165, 1.54) is 11.1 Å². The lowest BCUT2D eigenvalue weighted by Crippen LogP contribution is -2.56. The fourth-order valence-electron chi connectivity index (χ4n) is 3.42. The third-order valence-electron chi connectivity index (χ3n) is 4.39. The zero-order valence-electron chi connectivity index (χ0n) is 12.0. The molecule has 1 saturated carbocycles. The third-order valence-corrected chi connectivity index (χ3v) is 4.39. The maximum absolute atomic E-state index is 6.30. The average Bonchev–Trinajstić information content (AvgIpc) is 2.37. The van der Waals surface area contributed by atoms with Crippen LogP contribution in [0.4, 0.5) is 0 Å². The molecule has 0 radical (unpaired) electrons. The van der Waals surface area contributed by atoms with Gasteiger partial charge in [-0.3, -0.25) is 0 Å². The molecule has 1 N–H and O–H groups in total. The molecule has 0 bridgehead atoms. The zero-order valence-corrected chi connectivity index (χ0v) is 12.0. The van der Waals surface area contributed by atoms with Crippen LogP contribution in [0.3, 0.4) is 0 Å². The van der Waals surface area contributed by atoms with Crippen molar-refractivity contribution < 1.29 is 9.47 Å². The van der Waals surface area contributed by atoms with Crippen LogP contribution in [-0.2, 0) is 4.74 Å². The summed E-state index contributed by atoms with van der Waals surface area (Å²) in [7, 11) is 2.04. The lowest BCUT2D eigenvalue weighted by Gasteiger charge is -2.51. The van der Waals surface area contributed by atoms with E-state index in [1.807, 2.05) is 7.05 Å². The summed E-state index contributed by atoms with van der Waals surface area (Å²) in [4.78, 5) is 0. The van der Waals surface area contributed by atoms with E-state index in [0.29, 0.717) is 12.1 Å². The summed E-state index contributed by atoms with van der Waals surface area (Å²) < 4.78 is 12.0. The van der Waals surface area contributed by atoms with Gasteiger partial charge in [0.05, 0.1) is 6.10 Å². The first-order valence-electron chi connectivity index (χ1n) is 7.24. The number of fused-ring (bicyclic) bond motifs is 1. The molecule has 1 aliphatic carbocycles. The molecule has 1 aliphatic heterocycles. The van der Waals surface area contributed by atoms with Crippen LogP contribution in [0.2, 0.25) is 0 Å². The Morgan fingerprint density at radius 2 is 2.16 bits per heavy atom. The Hall–Kier alpha value is -1.06. The Bertz CT molecular complexity index is 466. The van der Waals surface area contributed by atoms with Gasteiger partial charge in [-0.05, 0) is 27.0 Å². The van der Waals surface area contributed by atoms with Gasteiger partial charge in [0.15, 0.2) is 0 Å². The Morgan fingerprint density at radius 1 is 1.37 bits per heavy atom. The number of aryl methyl sites for hydroxylation is 1. The Morgan fingerprint density at radius 3 is 2.84 bits per heavy atom. The van der Waals surface area contributed by atoms with Crippen molar-refractivity contribution in [2.24, 2.45) is 0 Å². The molecule has 1 unspecified atom stereocenters. The second kappa shape index (κ2) is 4.80. The van der Waals surface area contributed by atoms with Crippen LogP contribution < -0.4 is 10.1 Å². The number of rotatable bonds is 3. The predicted octanol–water partition coefficient (Wildman–Crippen LogP) is 2.98. The van der Waals surface area contributed by atoms with Crippen molar-refractivity contribution in [3.05, 3.63) is 29.3 Å². The average molecular weight is 261 g/mol. The lowest BCUT2D eigenvalue weighted by molar-refractivity contribution is -0.135. The van der Waals surface area contributed by atoms with Gasteiger partial charge in [-0.15, -0.1) is 0 Å². The highest BCUT2D eigenvalue weighted by molar-refractivity contribution is 5.42. The van der Waals surface area contributed by atoms with Gasteiger partial charge in [0, 0.05) is 37.5 Å². The predicted molar refractivity (Wildman–Crippen MR) is 75.6 cm³/mol. The Kier molecular flexibility index (Phi) is 3.27. The summed E-state index contributed by atoms with van der Waals surface area (Å²) in [5.41, 5.74) is 2.59. The summed E-state index contributed by atoms with van der Waals surface area (Å²) in [6, 6.07) is 6.88. The molecule has 1 aromatic carbocycles. The molecule has 3 heteroatoms. The second-order valence-electron chi connectivity index (χ2n) is 5.86. The van der Waals surface area contributed by atoms with Gasteiger partial charge < -0.3 is 14.8 Å². The van der Waals surface area contributed by atoms with Gasteiger partial charge in [-0.25, -0.2) is 0 Å². The minimum atomic E-state index is -0.00420. The van der Waals surface area contributed by atoms with Crippen molar-refractivity contribution in [1.29, 1.82) is 0 Å². The molecule has 3 rings (SSSR count). The van der Waals surface area contributed by atoms with Crippen molar-refractivity contribution >= 4 is 0 Å². The highest BCUT2D eigenvalue weighted by Crippen LogP contribution is 2.49. The molecule has 1 aromatic rings. The van der Waals surface area contributed by atoms with Crippen molar-refractivity contribution in [2.75, 3.05) is 13.7 Å². The first-order valence-corrected chi connectivity index (χ1v) is 7.24. The highest BCUT2D eigenvalue weighted by atomic mass is 16.5. The molecule has 0 amide bonds. The van der Waals surface area contributed by atoms with Crippen LogP contribution in [-0.4, -0.2) is 25.4 Å². The largest absolute Gasteiger partial charge is 0.487 e. The molecule has 0 saturated heterocycles.